The predicted molar refractivity (Wildman–Crippen MR) is 67.4 cm³/mol. The molecule has 1 heterocycles. The van der Waals surface area contributed by atoms with Crippen LogP contribution in [0.15, 0.2) is 24.3 Å². The van der Waals surface area contributed by atoms with Crippen molar-refractivity contribution in [2.45, 2.75) is 18.6 Å². The van der Waals surface area contributed by atoms with E-state index >= 15 is 0 Å². The number of benzene rings is 1. The Bertz CT molecular complexity index is 505. The first kappa shape index (κ1) is 14.6. The van der Waals surface area contributed by atoms with Crippen LogP contribution < -0.4 is 10.6 Å². The van der Waals surface area contributed by atoms with Crippen molar-refractivity contribution in [1.82, 2.24) is 0 Å². The van der Waals surface area contributed by atoms with Crippen LogP contribution in [0.3, 0.4) is 0 Å². The number of halogens is 3. The molecule has 0 radical (unpaired) electrons. The zero-order valence-corrected chi connectivity index (χ0v) is 10.6. The van der Waals surface area contributed by atoms with Crippen LogP contribution in [0.1, 0.15) is 12.0 Å². The van der Waals surface area contributed by atoms with Gasteiger partial charge in [0.25, 0.3) is 0 Å². The van der Waals surface area contributed by atoms with E-state index in [1.807, 2.05) is 0 Å². The van der Waals surface area contributed by atoms with Gasteiger partial charge in [0.1, 0.15) is 0 Å². The Morgan fingerprint density at radius 3 is 2.65 bits per heavy atom. The van der Waals surface area contributed by atoms with Crippen molar-refractivity contribution in [2.24, 2.45) is 11.7 Å². The van der Waals surface area contributed by atoms with Gasteiger partial charge in [-0.15, -0.1) is 0 Å². The second-order valence-corrected chi connectivity index (χ2v) is 4.98. The second kappa shape index (κ2) is 5.32. The third kappa shape index (κ3) is 3.22. The molecule has 1 aliphatic rings. The highest BCUT2D eigenvalue weighted by molar-refractivity contribution is 5.71. The summed E-state index contributed by atoms with van der Waals surface area (Å²) in [7, 11) is 0. The summed E-state index contributed by atoms with van der Waals surface area (Å²) in [6, 6.07) is 4.50. The molecule has 20 heavy (non-hydrogen) atoms. The Balaban J connectivity index is 2.24. The van der Waals surface area contributed by atoms with Gasteiger partial charge in [0.15, 0.2) is 0 Å². The maximum absolute atomic E-state index is 12.7. The highest BCUT2D eigenvalue weighted by Crippen LogP contribution is 2.32. The molecule has 0 bridgehead atoms. The summed E-state index contributed by atoms with van der Waals surface area (Å²) in [6.07, 6.45) is -4.08. The zero-order valence-electron chi connectivity index (χ0n) is 10.6. The maximum atomic E-state index is 12.7. The minimum Gasteiger partial charge on any atom is -0.481 e. The summed E-state index contributed by atoms with van der Waals surface area (Å²) in [5, 5.41) is 9.04. The van der Waals surface area contributed by atoms with Crippen molar-refractivity contribution in [2.75, 3.05) is 18.0 Å². The molecular weight excluding hydrogens is 273 g/mol. The van der Waals surface area contributed by atoms with E-state index in [4.69, 9.17) is 10.8 Å². The van der Waals surface area contributed by atoms with E-state index in [0.29, 0.717) is 18.7 Å². The Morgan fingerprint density at radius 2 is 2.05 bits per heavy atom. The minimum atomic E-state index is -4.42. The van der Waals surface area contributed by atoms with Gasteiger partial charge in [-0.25, -0.2) is 0 Å². The fourth-order valence-corrected chi connectivity index (χ4v) is 2.41. The molecule has 1 aromatic carbocycles. The monoisotopic (exact) mass is 288 g/mol. The molecule has 1 fully saturated rings. The van der Waals surface area contributed by atoms with Gasteiger partial charge in [-0.3, -0.25) is 4.79 Å². The van der Waals surface area contributed by atoms with Gasteiger partial charge in [0.05, 0.1) is 11.5 Å². The number of piperidine rings is 1. The summed E-state index contributed by atoms with van der Waals surface area (Å²) in [5.41, 5.74) is 5.39. The van der Waals surface area contributed by atoms with E-state index in [-0.39, 0.29) is 12.6 Å². The van der Waals surface area contributed by atoms with E-state index in [1.54, 1.807) is 4.90 Å². The van der Waals surface area contributed by atoms with Crippen LogP contribution in [0.5, 0.6) is 0 Å². The largest absolute Gasteiger partial charge is 0.481 e. The molecule has 7 heteroatoms. The first-order chi connectivity index (χ1) is 9.27. The fourth-order valence-electron chi connectivity index (χ4n) is 2.41. The predicted octanol–water partition coefficient (Wildman–Crippen LogP) is 1.94. The second-order valence-electron chi connectivity index (χ2n) is 4.98. The molecule has 0 saturated carbocycles. The number of nitrogens with zero attached hydrogens (tertiary/aromatic N) is 1. The molecule has 2 unspecified atom stereocenters. The van der Waals surface area contributed by atoms with Crippen LogP contribution in [0, 0.1) is 5.92 Å². The lowest BCUT2D eigenvalue weighted by molar-refractivity contribution is -0.142. The SMILES string of the molecule is NC1CC(C(=O)O)CN(c2cccc(C(F)(F)F)c2)C1. The van der Waals surface area contributed by atoms with E-state index in [9.17, 15) is 18.0 Å². The van der Waals surface area contributed by atoms with E-state index in [0.717, 1.165) is 12.1 Å². The van der Waals surface area contributed by atoms with Gasteiger partial charge in [-0.05, 0) is 24.6 Å². The summed E-state index contributed by atoms with van der Waals surface area (Å²) in [6.45, 7) is 0.523. The fraction of sp³-hybridized carbons (Fsp3) is 0.462. The first-order valence-corrected chi connectivity index (χ1v) is 6.18. The highest BCUT2D eigenvalue weighted by atomic mass is 19.4. The van der Waals surface area contributed by atoms with Crippen LogP contribution in [-0.2, 0) is 11.0 Å². The molecule has 0 spiro atoms. The van der Waals surface area contributed by atoms with Crippen molar-refractivity contribution in [1.29, 1.82) is 0 Å². The van der Waals surface area contributed by atoms with Crippen molar-refractivity contribution in [3.05, 3.63) is 29.8 Å². The van der Waals surface area contributed by atoms with Gasteiger partial charge < -0.3 is 15.7 Å². The Morgan fingerprint density at radius 1 is 1.35 bits per heavy atom. The quantitative estimate of drug-likeness (QED) is 0.873. The number of aliphatic carboxylic acids is 1. The summed E-state index contributed by atoms with van der Waals surface area (Å²) < 4.78 is 38.0. The number of carboxylic acids is 1. The number of carboxylic acid groups (broad SMARTS) is 1. The molecule has 1 aliphatic heterocycles. The van der Waals surface area contributed by atoms with Crippen molar-refractivity contribution < 1.29 is 23.1 Å². The molecule has 0 aliphatic carbocycles. The lowest BCUT2D eigenvalue weighted by atomic mass is 9.94. The van der Waals surface area contributed by atoms with Crippen molar-refractivity contribution >= 4 is 11.7 Å². The molecule has 3 N–H and O–H groups in total. The Labute approximate surface area is 114 Å². The topological polar surface area (TPSA) is 66.6 Å². The molecular formula is C13H15F3N2O2. The van der Waals surface area contributed by atoms with Gasteiger partial charge in [0.2, 0.25) is 0 Å². The zero-order chi connectivity index (χ0) is 14.9. The number of alkyl halides is 3. The maximum Gasteiger partial charge on any atom is 0.416 e. The summed E-state index contributed by atoms with van der Waals surface area (Å²) >= 11 is 0. The highest BCUT2D eigenvalue weighted by Gasteiger charge is 2.33. The van der Waals surface area contributed by atoms with Crippen LogP contribution in [0.4, 0.5) is 18.9 Å². The standard InChI is InChI=1S/C13H15F3N2O2/c14-13(15,16)9-2-1-3-11(5-9)18-6-8(12(19)20)4-10(17)7-18/h1-3,5,8,10H,4,6-7,17H2,(H,19,20). The van der Waals surface area contributed by atoms with Crippen LogP contribution in [0.25, 0.3) is 0 Å². The van der Waals surface area contributed by atoms with Crippen LogP contribution in [0.2, 0.25) is 0 Å². The van der Waals surface area contributed by atoms with Crippen molar-refractivity contribution in [3.63, 3.8) is 0 Å². The third-order valence-electron chi connectivity index (χ3n) is 3.37. The number of rotatable bonds is 2. The number of hydrogen-bond donors (Lipinski definition) is 2. The molecule has 2 atom stereocenters. The Kier molecular flexibility index (Phi) is 3.89. The molecule has 2 rings (SSSR count). The smallest absolute Gasteiger partial charge is 0.416 e. The lowest BCUT2D eigenvalue weighted by Gasteiger charge is -2.36. The van der Waals surface area contributed by atoms with Crippen LogP contribution in [-0.4, -0.2) is 30.2 Å². The molecule has 4 nitrogen and oxygen atoms in total. The van der Waals surface area contributed by atoms with Gasteiger partial charge >= 0.3 is 12.1 Å². The number of nitrogens with two attached hydrogens (primary N) is 1. The minimum absolute atomic E-state index is 0.171. The van der Waals surface area contributed by atoms with E-state index in [1.165, 1.54) is 12.1 Å². The van der Waals surface area contributed by atoms with Gasteiger partial charge in [-0.2, -0.15) is 13.2 Å². The van der Waals surface area contributed by atoms with Crippen molar-refractivity contribution in [3.8, 4) is 0 Å². The Hall–Kier alpha value is -1.76. The molecule has 0 aromatic heterocycles. The third-order valence-corrected chi connectivity index (χ3v) is 3.37. The number of anilines is 1. The average molecular weight is 288 g/mol. The molecule has 110 valence electrons. The van der Waals surface area contributed by atoms with Crippen LogP contribution >= 0.6 is 0 Å². The average Bonchev–Trinajstić information content (AvgIpc) is 2.37. The molecule has 1 saturated heterocycles. The van der Waals surface area contributed by atoms with Gasteiger partial charge in [0, 0.05) is 24.8 Å². The van der Waals surface area contributed by atoms with E-state index in [2.05, 4.69) is 0 Å². The van der Waals surface area contributed by atoms with Gasteiger partial charge in [-0.1, -0.05) is 6.07 Å². The lowest BCUT2D eigenvalue weighted by Crippen LogP contribution is -2.49. The molecule has 0 amide bonds. The normalized spacial score (nSPS) is 23.7. The summed E-state index contributed by atoms with van der Waals surface area (Å²) in [4.78, 5) is 12.6. The van der Waals surface area contributed by atoms with E-state index < -0.39 is 23.6 Å². The summed E-state index contributed by atoms with van der Waals surface area (Å²) in [5.74, 6) is -1.63. The first-order valence-electron chi connectivity index (χ1n) is 6.18. The molecule has 1 aromatic rings. The number of hydrogen-bond acceptors (Lipinski definition) is 3. The number of carbonyl (C=O) groups is 1.